The summed E-state index contributed by atoms with van der Waals surface area (Å²) in [4.78, 5) is 13.3. The van der Waals surface area contributed by atoms with Crippen LogP contribution in [0.25, 0.3) is 0 Å². The molecule has 2 aliphatic rings. The molecule has 2 heterocycles. The average molecular weight is 475 g/mol. The van der Waals surface area contributed by atoms with Gasteiger partial charge in [-0.2, -0.15) is 0 Å². The second-order valence-electron chi connectivity index (χ2n) is 9.64. The Morgan fingerprint density at radius 1 is 1.16 bits per heavy atom. The van der Waals surface area contributed by atoms with E-state index in [0.717, 1.165) is 57.5 Å². The molecule has 2 N–H and O–H groups in total. The van der Waals surface area contributed by atoms with Crippen LogP contribution in [0.3, 0.4) is 0 Å². The molecule has 4 rings (SSSR count). The van der Waals surface area contributed by atoms with E-state index in [2.05, 4.69) is 41.8 Å². The van der Waals surface area contributed by atoms with E-state index in [9.17, 15) is 4.79 Å². The normalized spacial score (nSPS) is 22.7. The molecule has 4 nitrogen and oxygen atoms in total. The Labute approximate surface area is 201 Å². The molecule has 1 spiro atoms. The molecule has 1 saturated heterocycles. The van der Waals surface area contributed by atoms with Gasteiger partial charge in [-0.15, -0.1) is 0 Å². The number of carbonyl (C=O) groups is 1. The number of nitrogens with zero attached hydrogens (tertiary/aromatic N) is 1. The third-order valence-electron chi connectivity index (χ3n) is 7.65. The van der Waals surface area contributed by atoms with Gasteiger partial charge >= 0.3 is 5.91 Å². The molecule has 0 saturated carbocycles. The van der Waals surface area contributed by atoms with Gasteiger partial charge in [0.25, 0.3) is 0 Å². The first-order chi connectivity index (χ1) is 15.3. The standard InChI is InChI=1S/C26H34Cl2N3O/c1-18-4-7-25-22(14-18)26(9-11-30-12-10-26)17-31(25,19(2)32)13-8-21(16-29-3)20-5-6-23(27)24(28)15-20/h4-7,14-15,21,29-30H,8-13,16-17H2,1-3H3/q+1/t21-,31?/m1/s1. The number of amides is 1. The fourth-order valence-electron chi connectivity index (χ4n) is 5.88. The van der Waals surface area contributed by atoms with Crippen LogP contribution < -0.4 is 15.1 Å². The predicted octanol–water partition coefficient (Wildman–Crippen LogP) is 5.18. The van der Waals surface area contributed by atoms with Crippen LogP contribution in [-0.2, 0) is 10.2 Å². The van der Waals surface area contributed by atoms with Crippen LogP contribution >= 0.6 is 23.2 Å². The Hall–Kier alpha value is -1.43. The molecule has 2 aliphatic heterocycles. The Bertz CT molecular complexity index is 1000. The van der Waals surface area contributed by atoms with E-state index in [-0.39, 0.29) is 17.2 Å². The highest BCUT2D eigenvalue weighted by molar-refractivity contribution is 6.42. The largest absolute Gasteiger partial charge is 0.319 e. The lowest BCUT2D eigenvalue weighted by molar-refractivity contribution is -0.128. The van der Waals surface area contributed by atoms with E-state index in [1.807, 2.05) is 19.2 Å². The van der Waals surface area contributed by atoms with E-state index in [4.69, 9.17) is 23.2 Å². The lowest BCUT2D eigenvalue weighted by Gasteiger charge is -2.37. The van der Waals surface area contributed by atoms with Crippen molar-refractivity contribution < 1.29 is 4.79 Å². The Kier molecular flexibility index (Phi) is 7.00. The second kappa shape index (κ2) is 9.44. The number of likely N-dealkylation sites (N-methyl/N-ethyl adjacent to an activating group) is 1. The molecule has 6 heteroatoms. The maximum Gasteiger partial charge on any atom is 0.315 e. The number of aryl methyl sites for hydroxylation is 1. The number of benzene rings is 2. The molecule has 2 atom stereocenters. The molecule has 1 amide bonds. The summed E-state index contributed by atoms with van der Waals surface area (Å²) in [7, 11) is 1.97. The van der Waals surface area contributed by atoms with E-state index in [1.165, 1.54) is 16.8 Å². The van der Waals surface area contributed by atoms with Crippen molar-refractivity contribution >= 4 is 34.8 Å². The smallest absolute Gasteiger partial charge is 0.315 e. The molecule has 1 unspecified atom stereocenters. The number of piperidine rings is 1. The number of quaternary nitrogens is 1. The van der Waals surface area contributed by atoms with Gasteiger partial charge in [-0.05, 0) is 63.7 Å². The van der Waals surface area contributed by atoms with Crippen LogP contribution in [0.4, 0.5) is 5.69 Å². The molecule has 172 valence electrons. The van der Waals surface area contributed by atoms with Gasteiger partial charge in [-0.25, -0.2) is 9.28 Å². The fraction of sp³-hybridized carbons (Fsp3) is 0.500. The quantitative estimate of drug-likeness (QED) is 0.566. The number of fused-ring (bicyclic) bond motifs is 2. The van der Waals surface area contributed by atoms with Crippen molar-refractivity contribution in [2.24, 2.45) is 0 Å². The lowest BCUT2D eigenvalue weighted by atomic mass is 9.74. The molecular weight excluding hydrogens is 441 g/mol. The van der Waals surface area contributed by atoms with Crippen molar-refractivity contribution in [1.82, 2.24) is 15.1 Å². The topological polar surface area (TPSA) is 41.1 Å². The van der Waals surface area contributed by atoms with Crippen molar-refractivity contribution in [1.29, 1.82) is 0 Å². The van der Waals surface area contributed by atoms with Crippen LogP contribution in [0.1, 0.15) is 48.8 Å². The highest BCUT2D eigenvalue weighted by Crippen LogP contribution is 2.50. The highest BCUT2D eigenvalue weighted by atomic mass is 35.5. The summed E-state index contributed by atoms with van der Waals surface area (Å²) < 4.78 is 0.442. The molecule has 2 aromatic carbocycles. The first kappa shape index (κ1) is 23.7. The van der Waals surface area contributed by atoms with E-state index in [1.54, 1.807) is 6.92 Å². The fourth-order valence-corrected chi connectivity index (χ4v) is 6.19. The Morgan fingerprint density at radius 3 is 2.56 bits per heavy atom. The molecule has 0 bridgehead atoms. The number of nitrogens with one attached hydrogen (secondary N) is 2. The zero-order valence-corrected chi connectivity index (χ0v) is 20.8. The van der Waals surface area contributed by atoms with Crippen molar-refractivity contribution in [2.45, 2.75) is 44.4 Å². The highest BCUT2D eigenvalue weighted by Gasteiger charge is 2.56. The number of rotatable bonds is 6. The van der Waals surface area contributed by atoms with Gasteiger partial charge in [0.15, 0.2) is 0 Å². The summed E-state index contributed by atoms with van der Waals surface area (Å²) in [5.74, 6) is 0.491. The molecule has 2 aromatic rings. The number of hydrogen-bond acceptors (Lipinski definition) is 3. The van der Waals surface area contributed by atoms with Gasteiger partial charge in [-0.1, -0.05) is 40.9 Å². The molecule has 0 radical (unpaired) electrons. The number of halogens is 2. The minimum atomic E-state index is 0.0837. The first-order valence-corrected chi connectivity index (χ1v) is 12.4. The first-order valence-electron chi connectivity index (χ1n) is 11.6. The summed E-state index contributed by atoms with van der Waals surface area (Å²) in [6.07, 6.45) is 3.06. The molecular formula is C26H34Cl2N3O+. The van der Waals surface area contributed by atoms with Crippen LogP contribution in [0.15, 0.2) is 36.4 Å². The number of hydrogen-bond donors (Lipinski definition) is 2. The van der Waals surface area contributed by atoms with Gasteiger partial charge in [0.1, 0.15) is 12.2 Å². The van der Waals surface area contributed by atoms with E-state index < -0.39 is 0 Å². The van der Waals surface area contributed by atoms with Crippen LogP contribution in [-0.4, -0.2) is 45.7 Å². The molecule has 32 heavy (non-hydrogen) atoms. The average Bonchev–Trinajstić information content (AvgIpc) is 3.03. The zero-order chi connectivity index (χ0) is 22.9. The maximum absolute atomic E-state index is 13.3. The molecule has 0 aliphatic carbocycles. The third-order valence-corrected chi connectivity index (χ3v) is 8.38. The van der Waals surface area contributed by atoms with Gasteiger partial charge in [0, 0.05) is 30.5 Å². The monoisotopic (exact) mass is 474 g/mol. The zero-order valence-electron chi connectivity index (χ0n) is 19.3. The summed E-state index contributed by atoms with van der Waals surface area (Å²) >= 11 is 12.5. The molecule has 0 aromatic heterocycles. The van der Waals surface area contributed by atoms with Crippen LogP contribution in [0.2, 0.25) is 10.0 Å². The van der Waals surface area contributed by atoms with Gasteiger partial charge in [-0.3, -0.25) is 0 Å². The summed E-state index contributed by atoms with van der Waals surface area (Å²) in [5.41, 5.74) is 5.13. The van der Waals surface area contributed by atoms with Crippen molar-refractivity contribution in [2.75, 3.05) is 39.8 Å². The second-order valence-corrected chi connectivity index (χ2v) is 10.5. The van der Waals surface area contributed by atoms with Crippen molar-refractivity contribution in [3.05, 3.63) is 63.1 Å². The predicted molar refractivity (Wildman–Crippen MR) is 135 cm³/mol. The summed E-state index contributed by atoms with van der Waals surface area (Å²) in [6.45, 7) is 8.43. The van der Waals surface area contributed by atoms with E-state index in [0.29, 0.717) is 14.5 Å². The minimum Gasteiger partial charge on any atom is -0.319 e. The maximum atomic E-state index is 13.3. The summed E-state index contributed by atoms with van der Waals surface area (Å²) in [5, 5.41) is 7.99. The van der Waals surface area contributed by atoms with Crippen molar-refractivity contribution in [3.63, 3.8) is 0 Å². The van der Waals surface area contributed by atoms with Gasteiger partial charge < -0.3 is 10.6 Å². The van der Waals surface area contributed by atoms with Gasteiger partial charge in [0.05, 0.1) is 28.9 Å². The minimum absolute atomic E-state index is 0.0837. The van der Waals surface area contributed by atoms with Crippen LogP contribution in [0, 0.1) is 6.92 Å². The van der Waals surface area contributed by atoms with E-state index >= 15 is 0 Å². The third kappa shape index (κ3) is 4.24. The molecule has 1 fully saturated rings. The Balaban J connectivity index is 1.69. The SMILES string of the molecule is CNC[C@@H](CC[N+]1(C(C)=O)CC2(CCNCC2)c2cc(C)ccc21)c1ccc(Cl)c(Cl)c1. The number of carbonyl (C=O) groups excluding carboxylic acids is 1. The van der Waals surface area contributed by atoms with Gasteiger partial charge in [0.2, 0.25) is 0 Å². The Morgan fingerprint density at radius 2 is 1.91 bits per heavy atom. The lowest BCUT2D eigenvalue weighted by Crippen LogP contribution is -2.57. The van der Waals surface area contributed by atoms with Crippen molar-refractivity contribution in [3.8, 4) is 0 Å². The van der Waals surface area contributed by atoms with Crippen LogP contribution in [0.5, 0.6) is 0 Å². The summed E-state index contributed by atoms with van der Waals surface area (Å²) in [6, 6.07) is 12.6.